The summed E-state index contributed by atoms with van der Waals surface area (Å²) in [7, 11) is 0. The Kier molecular flexibility index (Phi) is 4.21. The standard InChI is InChI=1S/C15H9ClN4O4/c16-10-7-5-9(6-8-10)13(21)17-15-19-18-14(24-15)11-3-1-2-4-12(11)20(22)23/h1-8H,(H,17,19,21). The molecule has 1 N–H and O–H groups in total. The number of aromatic nitrogens is 2. The van der Waals surface area contributed by atoms with E-state index in [1.54, 1.807) is 18.2 Å². The van der Waals surface area contributed by atoms with Gasteiger partial charge in [0.05, 0.1) is 4.92 Å². The van der Waals surface area contributed by atoms with E-state index in [0.29, 0.717) is 10.6 Å². The summed E-state index contributed by atoms with van der Waals surface area (Å²) >= 11 is 5.76. The first-order chi connectivity index (χ1) is 11.5. The van der Waals surface area contributed by atoms with Crippen LogP contribution in [0.5, 0.6) is 0 Å². The van der Waals surface area contributed by atoms with E-state index in [0.717, 1.165) is 0 Å². The van der Waals surface area contributed by atoms with Crippen molar-refractivity contribution in [2.24, 2.45) is 0 Å². The fourth-order valence-corrected chi connectivity index (χ4v) is 2.09. The lowest BCUT2D eigenvalue weighted by atomic mass is 10.2. The summed E-state index contributed by atoms with van der Waals surface area (Å²) in [5, 5.41) is 21.4. The van der Waals surface area contributed by atoms with Gasteiger partial charge in [0.25, 0.3) is 17.5 Å². The van der Waals surface area contributed by atoms with Crippen LogP contribution in [0.25, 0.3) is 11.5 Å². The van der Waals surface area contributed by atoms with Gasteiger partial charge in [-0.15, -0.1) is 5.10 Å². The van der Waals surface area contributed by atoms with Crippen molar-refractivity contribution >= 4 is 29.2 Å². The Morgan fingerprint density at radius 3 is 2.54 bits per heavy atom. The zero-order chi connectivity index (χ0) is 17.1. The molecular formula is C15H9ClN4O4. The molecule has 0 spiro atoms. The van der Waals surface area contributed by atoms with Crippen LogP contribution in [-0.4, -0.2) is 21.0 Å². The van der Waals surface area contributed by atoms with Crippen molar-refractivity contribution in [3.05, 3.63) is 69.2 Å². The Morgan fingerprint density at radius 1 is 1.12 bits per heavy atom. The minimum Gasteiger partial charge on any atom is -0.403 e. The van der Waals surface area contributed by atoms with Gasteiger partial charge in [-0.3, -0.25) is 20.2 Å². The first-order valence-corrected chi connectivity index (χ1v) is 7.06. The maximum Gasteiger partial charge on any atom is 0.322 e. The summed E-state index contributed by atoms with van der Waals surface area (Å²) in [6.45, 7) is 0. The van der Waals surface area contributed by atoms with Crippen LogP contribution in [0, 0.1) is 10.1 Å². The number of nitrogens with zero attached hydrogens (tertiary/aromatic N) is 3. The first-order valence-electron chi connectivity index (χ1n) is 6.69. The minimum absolute atomic E-state index is 0.0614. The molecule has 0 aliphatic heterocycles. The van der Waals surface area contributed by atoms with Crippen LogP contribution in [0.3, 0.4) is 0 Å². The van der Waals surface area contributed by atoms with Crippen molar-refractivity contribution in [2.75, 3.05) is 5.32 Å². The summed E-state index contributed by atoms with van der Waals surface area (Å²) in [5.74, 6) is -0.530. The molecule has 0 saturated carbocycles. The van der Waals surface area contributed by atoms with Crippen LogP contribution >= 0.6 is 11.6 Å². The zero-order valence-electron chi connectivity index (χ0n) is 12.0. The van der Waals surface area contributed by atoms with E-state index in [-0.39, 0.29) is 23.2 Å². The van der Waals surface area contributed by atoms with Gasteiger partial charge in [0.15, 0.2) is 0 Å². The van der Waals surface area contributed by atoms with Crippen molar-refractivity contribution in [1.82, 2.24) is 10.2 Å². The molecule has 2 aromatic carbocycles. The lowest BCUT2D eigenvalue weighted by Crippen LogP contribution is -2.11. The highest BCUT2D eigenvalue weighted by Gasteiger charge is 2.20. The molecule has 9 heteroatoms. The molecule has 1 aromatic heterocycles. The third kappa shape index (κ3) is 3.23. The second kappa shape index (κ2) is 6.47. The Bertz CT molecular complexity index is 908. The first kappa shape index (κ1) is 15.6. The van der Waals surface area contributed by atoms with Crippen molar-refractivity contribution in [1.29, 1.82) is 0 Å². The van der Waals surface area contributed by atoms with Gasteiger partial charge in [0.2, 0.25) is 0 Å². The molecule has 1 amide bonds. The van der Waals surface area contributed by atoms with E-state index in [2.05, 4.69) is 15.5 Å². The third-order valence-electron chi connectivity index (χ3n) is 3.08. The molecule has 3 rings (SSSR count). The summed E-state index contributed by atoms with van der Waals surface area (Å²) in [6.07, 6.45) is 0. The number of carbonyl (C=O) groups excluding carboxylic acids is 1. The number of para-hydroxylation sites is 1. The summed E-state index contributed by atoms with van der Waals surface area (Å²) in [5.41, 5.74) is 0.351. The molecule has 3 aromatic rings. The van der Waals surface area contributed by atoms with Gasteiger partial charge in [-0.25, -0.2) is 0 Å². The van der Waals surface area contributed by atoms with Crippen LogP contribution in [0.1, 0.15) is 10.4 Å². The number of benzene rings is 2. The maximum absolute atomic E-state index is 12.1. The van der Waals surface area contributed by atoms with E-state index in [4.69, 9.17) is 16.0 Å². The molecule has 0 unspecified atom stereocenters. The van der Waals surface area contributed by atoms with E-state index in [1.165, 1.54) is 30.3 Å². The van der Waals surface area contributed by atoms with Gasteiger partial charge in [-0.2, -0.15) is 0 Å². The van der Waals surface area contributed by atoms with Gasteiger partial charge < -0.3 is 4.42 Å². The van der Waals surface area contributed by atoms with Crippen LogP contribution in [0.15, 0.2) is 52.9 Å². The lowest BCUT2D eigenvalue weighted by Gasteiger charge is -2.00. The molecule has 0 radical (unpaired) electrons. The highest BCUT2D eigenvalue weighted by molar-refractivity contribution is 6.30. The third-order valence-corrected chi connectivity index (χ3v) is 3.34. The fraction of sp³-hybridized carbons (Fsp3) is 0. The maximum atomic E-state index is 12.1. The number of rotatable bonds is 4. The normalized spacial score (nSPS) is 10.4. The van der Waals surface area contributed by atoms with Crippen LogP contribution in [0.2, 0.25) is 5.02 Å². The predicted octanol–water partition coefficient (Wildman–Crippen LogP) is 3.55. The summed E-state index contributed by atoms with van der Waals surface area (Å²) in [4.78, 5) is 22.5. The molecular weight excluding hydrogens is 336 g/mol. The van der Waals surface area contributed by atoms with E-state index >= 15 is 0 Å². The Labute approximate surface area is 140 Å². The molecule has 1 heterocycles. The SMILES string of the molecule is O=C(Nc1nnc(-c2ccccc2[N+](=O)[O-])o1)c1ccc(Cl)cc1. The predicted molar refractivity (Wildman–Crippen MR) is 85.8 cm³/mol. The average molecular weight is 345 g/mol. The van der Waals surface area contributed by atoms with Crippen molar-refractivity contribution < 1.29 is 14.1 Å². The summed E-state index contributed by atoms with van der Waals surface area (Å²) in [6, 6.07) is 12.0. The number of nitro benzene ring substituents is 1. The van der Waals surface area contributed by atoms with E-state index in [9.17, 15) is 14.9 Å². The molecule has 0 aliphatic rings. The van der Waals surface area contributed by atoms with Gasteiger partial charge in [-0.05, 0) is 30.3 Å². The van der Waals surface area contributed by atoms with Gasteiger partial charge >= 0.3 is 6.01 Å². The number of nitrogens with one attached hydrogen (secondary N) is 1. The average Bonchev–Trinajstić information content (AvgIpc) is 3.03. The van der Waals surface area contributed by atoms with Crippen LogP contribution in [0.4, 0.5) is 11.7 Å². The number of nitro groups is 1. The number of amides is 1. The summed E-state index contributed by atoms with van der Waals surface area (Å²) < 4.78 is 5.29. The number of hydrogen-bond acceptors (Lipinski definition) is 6. The number of anilines is 1. The molecule has 0 fully saturated rings. The second-order valence-corrected chi connectivity index (χ2v) is 5.08. The monoisotopic (exact) mass is 344 g/mol. The highest BCUT2D eigenvalue weighted by atomic mass is 35.5. The van der Waals surface area contributed by atoms with Crippen LogP contribution < -0.4 is 5.32 Å². The largest absolute Gasteiger partial charge is 0.403 e. The Balaban J connectivity index is 1.83. The molecule has 120 valence electrons. The topological polar surface area (TPSA) is 111 Å². The second-order valence-electron chi connectivity index (χ2n) is 4.65. The molecule has 0 atom stereocenters. The number of hydrogen-bond donors (Lipinski definition) is 1. The molecule has 0 saturated heterocycles. The van der Waals surface area contributed by atoms with Gasteiger partial charge in [0.1, 0.15) is 5.56 Å². The van der Waals surface area contributed by atoms with Crippen molar-refractivity contribution in [3.8, 4) is 11.5 Å². The van der Waals surface area contributed by atoms with Crippen LogP contribution in [-0.2, 0) is 0 Å². The zero-order valence-corrected chi connectivity index (χ0v) is 12.7. The molecule has 24 heavy (non-hydrogen) atoms. The molecule has 8 nitrogen and oxygen atoms in total. The van der Waals surface area contributed by atoms with E-state index in [1.807, 2.05) is 0 Å². The minimum atomic E-state index is -0.550. The number of carbonyl (C=O) groups is 1. The van der Waals surface area contributed by atoms with Crippen molar-refractivity contribution in [3.63, 3.8) is 0 Å². The lowest BCUT2D eigenvalue weighted by molar-refractivity contribution is -0.384. The molecule has 0 aliphatic carbocycles. The highest BCUT2D eigenvalue weighted by Crippen LogP contribution is 2.29. The molecule has 0 bridgehead atoms. The quantitative estimate of drug-likeness (QED) is 0.572. The van der Waals surface area contributed by atoms with Gasteiger partial charge in [0, 0.05) is 16.7 Å². The number of halogens is 1. The fourth-order valence-electron chi connectivity index (χ4n) is 1.97. The van der Waals surface area contributed by atoms with Gasteiger partial charge in [-0.1, -0.05) is 28.8 Å². The Morgan fingerprint density at radius 2 is 1.83 bits per heavy atom. The smallest absolute Gasteiger partial charge is 0.322 e. The van der Waals surface area contributed by atoms with E-state index < -0.39 is 10.8 Å². The van der Waals surface area contributed by atoms with Crippen molar-refractivity contribution in [2.45, 2.75) is 0 Å². The Hall–Kier alpha value is -3.26.